The molecule has 1 fully saturated rings. The van der Waals surface area contributed by atoms with Crippen LogP contribution < -0.4 is 5.73 Å². The van der Waals surface area contributed by atoms with E-state index in [1.165, 1.54) is 0 Å². The average molecular weight is 388 g/mol. The van der Waals surface area contributed by atoms with E-state index in [2.05, 4.69) is 4.90 Å². The van der Waals surface area contributed by atoms with Crippen LogP contribution in [0.5, 0.6) is 0 Å². The summed E-state index contributed by atoms with van der Waals surface area (Å²) >= 11 is 6.05. The summed E-state index contributed by atoms with van der Waals surface area (Å²) in [4.78, 5) is 17.0. The van der Waals surface area contributed by atoms with Crippen LogP contribution in [-0.4, -0.2) is 53.6 Å². The minimum absolute atomic E-state index is 0.144. The first kappa shape index (κ1) is 19.8. The minimum atomic E-state index is -0.774. The lowest BCUT2D eigenvalue weighted by molar-refractivity contribution is -0.134. The van der Waals surface area contributed by atoms with Crippen LogP contribution in [0.2, 0.25) is 5.02 Å². The fraction of sp³-hybridized carbons (Fsp3) is 0.381. The summed E-state index contributed by atoms with van der Waals surface area (Å²) in [6.45, 7) is 2.12. The maximum atomic E-state index is 13.1. The Kier molecular flexibility index (Phi) is 6.50. The Bertz CT molecular complexity index is 771. The van der Waals surface area contributed by atoms with Crippen molar-refractivity contribution >= 4 is 17.5 Å². The molecule has 3 atom stereocenters. The molecule has 0 aliphatic carbocycles. The molecule has 1 amide bonds. The number of halogens is 1. The van der Waals surface area contributed by atoms with Crippen LogP contribution in [0.3, 0.4) is 0 Å². The second-order valence-electron chi connectivity index (χ2n) is 7.11. The molecular formula is C21H26ClN3O2. The molecule has 0 bridgehead atoms. The highest BCUT2D eigenvalue weighted by atomic mass is 35.5. The molecule has 5 nitrogen and oxygen atoms in total. The van der Waals surface area contributed by atoms with E-state index >= 15 is 0 Å². The van der Waals surface area contributed by atoms with Crippen LogP contribution in [0.1, 0.15) is 29.6 Å². The fourth-order valence-electron chi connectivity index (χ4n) is 3.56. The Hall–Kier alpha value is -1.92. The maximum Gasteiger partial charge on any atom is 0.244 e. The number of amides is 1. The van der Waals surface area contributed by atoms with E-state index in [1.54, 1.807) is 30.1 Å². The Morgan fingerprint density at radius 2 is 1.96 bits per heavy atom. The fourth-order valence-corrected chi connectivity index (χ4v) is 3.76. The Balaban J connectivity index is 1.81. The number of likely N-dealkylation sites (tertiary alicyclic amines) is 1. The van der Waals surface area contributed by atoms with Crippen LogP contribution in [0.25, 0.3) is 0 Å². The Labute approximate surface area is 165 Å². The topological polar surface area (TPSA) is 69.8 Å². The number of hydrogen-bond acceptors (Lipinski definition) is 4. The van der Waals surface area contributed by atoms with Crippen LogP contribution in [-0.2, 0) is 4.79 Å². The van der Waals surface area contributed by atoms with Crippen molar-refractivity contribution in [1.82, 2.24) is 9.80 Å². The van der Waals surface area contributed by atoms with Gasteiger partial charge in [-0.2, -0.15) is 0 Å². The van der Waals surface area contributed by atoms with E-state index in [-0.39, 0.29) is 18.1 Å². The minimum Gasteiger partial charge on any atom is -0.392 e. The van der Waals surface area contributed by atoms with Gasteiger partial charge in [0.2, 0.25) is 5.91 Å². The normalized spacial score (nSPS) is 19.6. The van der Waals surface area contributed by atoms with Crippen molar-refractivity contribution in [2.24, 2.45) is 5.73 Å². The number of nitrogens with two attached hydrogens (primary N) is 1. The smallest absolute Gasteiger partial charge is 0.244 e. The van der Waals surface area contributed by atoms with Gasteiger partial charge >= 0.3 is 0 Å². The summed E-state index contributed by atoms with van der Waals surface area (Å²) in [6.07, 6.45) is 0.470. The van der Waals surface area contributed by atoms with Gasteiger partial charge in [0, 0.05) is 31.7 Å². The van der Waals surface area contributed by atoms with E-state index in [0.29, 0.717) is 23.7 Å². The lowest BCUT2D eigenvalue weighted by Crippen LogP contribution is -2.42. The number of nitrogens with zero attached hydrogens (tertiary/aromatic N) is 2. The predicted octanol–water partition coefficient (Wildman–Crippen LogP) is 2.61. The second kappa shape index (κ2) is 8.85. The molecule has 2 aromatic carbocycles. The molecule has 2 aromatic rings. The van der Waals surface area contributed by atoms with Gasteiger partial charge in [-0.1, -0.05) is 54.1 Å². The zero-order valence-corrected chi connectivity index (χ0v) is 16.2. The van der Waals surface area contributed by atoms with E-state index in [1.807, 2.05) is 36.4 Å². The van der Waals surface area contributed by atoms with Crippen LogP contribution in [0, 0.1) is 0 Å². The molecule has 27 heavy (non-hydrogen) atoms. The molecule has 3 rings (SSSR count). The summed E-state index contributed by atoms with van der Waals surface area (Å²) in [5, 5.41) is 10.4. The van der Waals surface area contributed by atoms with E-state index in [4.69, 9.17) is 17.3 Å². The van der Waals surface area contributed by atoms with Crippen molar-refractivity contribution in [1.29, 1.82) is 0 Å². The van der Waals surface area contributed by atoms with Crippen LogP contribution >= 0.6 is 11.6 Å². The van der Waals surface area contributed by atoms with Gasteiger partial charge in [-0.3, -0.25) is 9.69 Å². The number of carbonyl (C=O) groups is 1. The van der Waals surface area contributed by atoms with Gasteiger partial charge in [0.25, 0.3) is 0 Å². The first-order chi connectivity index (χ1) is 13.0. The molecule has 6 heteroatoms. The van der Waals surface area contributed by atoms with Crippen molar-refractivity contribution < 1.29 is 9.90 Å². The molecule has 3 unspecified atom stereocenters. The number of carbonyl (C=O) groups excluding carboxylic acids is 1. The van der Waals surface area contributed by atoms with E-state index < -0.39 is 6.04 Å². The molecule has 1 saturated heterocycles. The highest BCUT2D eigenvalue weighted by Gasteiger charge is 2.30. The number of hydrogen-bond donors (Lipinski definition) is 2. The summed E-state index contributed by atoms with van der Waals surface area (Å²) in [7, 11) is 1.79. The van der Waals surface area contributed by atoms with Crippen LogP contribution in [0.15, 0.2) is 54.6 Å². The van der Waals surface area contributed by atoms with Gasteiger partial charge in [0.05, 0.1) is 12.1 Å². The summed E-state index contributed by atoms with van der Waals surface area (Å²) in [6, 6.07) is 16.1. The third-order valence-electron chi connectivity index (χ3n) is 5.15. The lowest BCUT2D eigenvalue weighted by Gasteiger charge is -2.33. The number of aliphatic hydroxyl groups is 1. The molecule has 0 aromatic heterocycles. The molecule has 144 valence electrons. The number of rotatable bonds is 6. The highest BCUT2D eigenvalue weighted by Crippen LogP contribution is 2.26. The van der Waals surface area contributed by atoms with Crippen molar-refractivity contribution in [2.45, 2.75) is 24.6 Å². The second-order valence-corrected chi connectivity index (χ2v) is 7.55. The SMILES string of the molecule is CN(C(=O)C(N)c1cccc(Cl)c1)C(CN1CCC(O)C1)c1ccccc1. The molecule has 1 aliphatic rings. The standard InChI is InChI=1S/C21H26ClN3O2/c1-24(21(27)20(23)16-8-5-9-17(22)12-16)19(15-6-3-2-4-7-15)14-25-11-10-18(26)13-25/h2-9,12,18-20,26H,10-11,13-14,23H2,1H3. The molecule has 3 N–H and O–H groups in total. The average Bonchev–Trinajstić information content (AvgIpc) is 3.10. The van der Waals surface area contributed by atoms with E-state index in [9.17, 15) is 9.90 Å². The third-order valence-corrected chi connectivity index (χ3v) is 5.39. The van der Waals surface area contributed by atoms with Gasteiger partial charge in [0.15, 0.2) is 0 Å². The number of likely N-dealkylation sites (N-methyl/N-ethyl adjacent to an activating group) is 1. The molecule has 0 saturated carbocycles. The van der Waals surface area contributed by atoms with Crippen molar-refractivity contribution in [3.63, 3.8) is 0 Å². The van der Waals surface area contributed by atoms with Gasteiger partial charge < -0.3 is 15.7 Å². The van der Waals surface area contributed by atoms with Gasteiger partial charge in [-0.25, -0.2) is 0 Å². The molecule has 0 spiro atoms. The molecular weight excluding hydrogens is 362 g/mol. The maximum absolute atomic E-state index is 13.1. The summed E-state index contributed by atoms with van der Waals surface area (Å²) in [5.41, 5.74) is 8.00. The van der Waals surface area contributed by atoms with Crippen molar-refractivity contribution in [3.8, 4) is 0 Å². The first-order valence-corrected chi connectivity index (χ1v) is 9.56. The zero-order valence-electron chi connectivity index (χ0n) is 15.5. The van der Waals surface area contributed by atoms with Crippen molar-refractivity contribution in [2.75, 3.05) is 26.7 Å². The third kappa shape index (κ3) is 4.87. The predicted molar refractivity (Wildman–Crippen MR) is 107 cm³/mol. The highest BCUT2D eigenvalue weighted by molar-refractivity contribution is 6.30. The van der Waals surface area contributed by atoms with Gasteiger partial charge in [-0.05, 0) is 29.7 Å². The van der Waals surface area contributed by atoms with Crippen molar-refractivity contribution in [3.05, 3.63) is 70.7 Å². The summed E-state index contributed by atoms with van der Waals surface area (Å²) in [5.74, 6) is -0.161. The van der Waals surface area contributed by atoms with E-state index in [0.717, 1.165) is 18.5 Å². The largest absolute Gasteiger partial charge is 0.392 e. The zero-order chi connectivity index (χ0) is 19.4. The Morgan fingerprint density at radius 3 is 2.59 bits per heavy atom. The molecule has 1 heterocycles. The molecule has 0 radical (unpaired) electrons. The van der Waals surface area contributed by atoms with Crippen LogP contribution in [0.4, 0.5) is 0 Å². The molecule has 1 aliphatic heterocycles. The lowest BCUT2D eigenvalue weighted by atomic mass is 10.0. The summed E-state index contributed by atoms with van der Waals surface area (Å²) < 4.78 is 0. The monoisotopic (exact) mass is 387 g/mol. The number of benzene rings is 2. The Morgan fingerprint density at radius 1 is 1.26 bits per heavy atom. The number of aliphatic hydroxyl groups excluding tert-OH is 1. The van der Waals surface area contributed by atoms with Gasteiger partial charge in [-0.15, -0.1) is 0 Å². The first-order valence-electron chi connectivity index (χ1n) is 9.19. The quantitative estimate of drug-likeness (QED) is 0.799. The van der Waals surface area contributed by atoms with Gasteiger partial charge in [0.1, 0.15) is 6.04 Å². The number of β-amino-alcohol motifs (C(OH)–C–C–N with tert-alkyl or cyclic N) is 1.